The van der Waals surface area contributed by atoms with Gasteiger partial charge in [0.1, 0.15) is 6.10 Å². The van der Waals surface area contributed by atoms with E-state index < -0.39 is 12.1 Å². The number of aliphatic carboxylic acids is 1. The van der Waals surface area contributed by atoms with Crippen LogP contribution in [0.4, 0.5) is 0 Å². The lowest BCUT2D eigenvalue weighted by Crippen LogP contribution is -2.05. The molecular formula is C7H10N2O3. The number of nitrogens with one attached hydrogen (secondary N) is 1. The molecule has 5 heteroatoms. The summed E-state index contributed by atoms with van der Waals surface area (Å²) < 4.78 is 0. The normalized spacial score (nSPS) is 12.8. The van der Waals surface area contributed by atoms with Gasteiger partial charge in [-0.05, 0) is 13.0 Å². The van der Waals surface area contributed by atoms with Crippen LogP contribution in [0.5, 0.6) is 0 Å². The molecule has 0 spiro atoms. The molecule has 0 saturated carbocycles. The number of aromatic nitrogens is 2. The summed E-state index contributed by atoms with van der Waals surface area (Å²) in [5.41, 5.74) is 1.17. The summed E-state index contributed by atoms with van der Waals surface area (Å²) in [7, 11) is 0. The van der Waals surface area contributed by atoms with Crippen LogP contribution in [0.1, 0.15) is 23.9 Å². The third kappa shape index (κ3) is 2.06. The Balaban J connectivity index is 2.64. The first-order valence-electron chi connectivity index (χ1n) is 3.51. The highest BCUT2D eigenvalue weighted by Gasteiger charge is 2.14. The van der Waals surface area contributed by atoms with E-state index in [2.05, 4.69) is 10.2 Å². The number of aromatic amines is 1. The zero-order valence-electron chi connectivity index (χ0n) is 6.61. The van der Waals surface area contributed by atoms with E-state index >= 15 is 0 Å². The molecule has 66 valence electrons. The molecule has 1 aromatic rings. The molecule has 0 aliphatic heterocycles. The molecule has 1 rings (SSSR count). The number of hydrogen-bond acceptors (Lipinski definition) is 3. The lowest BCUT2D eigenvalue weighted by Gasteiger charge is -2.01. The van der Waals surface area contributed by atoms with Gasteiger partial charge < -0.3 is 10.2 Å². The molecule has 0 aliphatic carbocycles. The smallest absolute Gasteiger partial charge is 0.306 e. The average Bonchev–Trinajstić information content (AvgIpc) is 2.34. The summed E-state index contributed by atoms with van der Waals surface area (Å²) in [4.78, 5) is 10.2. The van der Waals surface area contributed by atoms with Crippen molar-refractivity contribution in [3.05, 3.63) is 17.5 Å². The van der Waals surface area contributed by atoms with Crippen molar-refractivity contribution in [3.8, 4) is 0 Å². The number of aliphatic hydroxyl groups is 1. The van der Waals surface area contributed by atoms with E-state index in [0.717, 1.165) is 5.69 Å². The number of carboxylic acids is 1. The van der Waals surface area contributed by atoms with Crippen molar-refractivity contribution in [1.82, 2.24) is 10.2 Å². The Morgan fingerprint density at radius 3 is 2.92 bits per heavy atom. The molecule has 0 aromatic carbocycles. The third-order valence-electron chi connectivity index (χ3n) is 1.44. The van der Waals surface area contributed by atoms with Crippen molar-refractivity contribution in [1.29, 1.82) is 0 Å². The Bertz CT molecular complexity index is 282. The molecule has 5 nitrogen and oxygen atoms in total. The topological polar surface area (TPSA) is 86.2 Å². The maximum absolute atomic E-state index is 10.2. The standard InChI is InChI=1S/C7H10N2O3/c1-4-2-5(9-8-4)6(10)3-7(11)12/h2,6,10H,3H2,1H3,(H,8,9)(H,11,12)/t6-/m0/s1. The van der Waals surface area contributed by atoms with Crippen LogP contribution >= 0.6 is 0 Å². The van der Waals surface area contributed by atoms with E-state index in [0.29, 0.717) is 5.69 Å². The van der Waals surface area contributed by atoms with E-state index in [1.807, 2.05) is 0 Å². The molecule has 1 heterocycles. The Morgan fingerprint density at radius 2 is 2.50 bits per heavy atom. The summed E-state index contributed by atoms with van der Waals surface area (Å²) in [5.74, 6) is -1.04. The molecule has 0 unspecified atom stereocenters. The predicted molar refractivity (Wildman–Crippen MR) is 40.5 cm³/mol. The van der Waals surface area contributed by atoms with E-state index in [1.54, 1.807) is 13.0 Å². The van der Waals surface area contributed by atoms with Crippen LogP contribution in [0.2, 0.25) is 0 Å². The molecular weight excluding hydrogens is 160 g/mol. The number of H-pyrrole nitrogens is 1. The second-order valence-corrected chi connectivity index (χ2v) is 2.59. The Morgan fingerprint density at radius 1 is 1.83 bits per heavy atom. The maximum Gasteiger partial charge on any atom is 0.306 e. The Hall–Kier alpha value is -1.36. The molecule has 0 radical (unpaired) electrons. The molecule has 0 amide bonds. The summed E-state index contributed by atoms with van der Waals surface area (Å²) in [6, 6.07) is 1.62. The molecule has 0 fully saturated rings. The van der Waals surface area contributed by atoms with Gasteiger partial charge in [0.15, 0.2) is 0 Å². The highest BCUT2D eigenvalue weighted by molar-refractivity contribution is 5.67. The number of rotatable bonds is 3. The monoisotopic (exact) mass is 170 g/mol. The van der Waals surface area contributed by atoms with E-state index in [1.165, 1.54) is 0 Å². The largest absolute Gasteiger partial charge is 0.481 e. The van der Waals surface area contributed by atoms with Crippen molar-refractivity contribution in [3.63, 3.8) is 0 Å². The molecule has 0 aliphatic rings. The molecule has 12 heavy (non-hydrogen) atoms. The number of carboxylic acid groups (broad SMARTS) is 1. The van der Waals surface area contributed by atoms with Crippen LogP contribution in [0.3, 0.4) is 0 Å². The van der Waals surface area contributed by atoms with Crippen LogP contribution in [-0.4, -0.2) is 26.4 Å². The minimum Gasteiger partial charge on any atom is -0.481 e. The van der Waals surface area contributed by atoms with Crippen molar-refractivity contribution >= 4 is 5.97 Å². The average molecular weight is 170 g/mol. The van der Waals surface area contributed by atoms with Gasteiger partial charge >= 0.3 is 5.97 Å². The second-order valence-electron chi connectivity index (χ2n) is 2.59. The number of nitrogens with zero attached hydrogens (tertiary/aromatic N) is 1. The molecule has 1 aromatic heterocycles. The van der Waals surface area contributed by atoms with Crippen LogP contribution in [0.25, 0.3) is 0 Å². The van der Waals surface area contributed by atoms with Gasteiger partial charge in [-0.25, -0.2) is 0 Å². The minimum atomic E-state index is -1.04. The zero-order chi connectivity index (χ0) is 9.14. The quantitative estimate of drug-likeness (QED) is 0.605. The first kappa shape index (κ1) is 8.73. The number of aliphatic hydroxyl groups excluding tert-OH is 1. The summed E-state index contributed by atoms with van der Waals surface area (Å²) >= 11 is 0. The summed E-state index contributed by atoms with van der Waals surface area (Å²) in [6.45, 7) is 1.78. The fourth-order valence-corrected chi connectivity index (χ4v) is 0.880. The zero-order valence-corrected chi connectivity index (χ0v) is 6.61. The third-order valence-corrected chi connectivity index (χ3v) is 1.44. The first-order chi connectivity index (χ1) is 5.59. The number of hydrogen-bond donors (Lipinski definition) is 3. The molecule has 1 atom stereocenters. The van der Waals surface area contributed by atoms with Gasteiger partial charge in [-0.15, -0.1) is 0 Å². The fraction of sp³-hybridized carbons (Fsp3) is 0.429. The number of carbonyl (C=O) groups is 1. The minimum absolute atomic E-state index is 0.315. The van der Waals surface area contributed by atoms with Gasteiger partial charge in [0.05, 0.1) is 12.1 Å². The highest BCUT2D eigenvalue weighted by Crippen LogP contribution is 2.13. The van der Waals surface area contributed by atoms with Gasteiger partial charge in [0.2, 0.25) is 0 Å². The van der Waals surface area contributed by atoms with Gasteiger partial charge in [-0.1, -0.05) is 0 Å². The fourth-order valence-electron chi connectivity index (χ4n) is 0.880. The van der Waals surface area contributed by atoms with Gasteiger partial charge in [-0.2, -0.15) is 5.10 Å². The van der Waals surface area contributed by atoms with Crippen molar-refractivity contribution in [2.24, 2.45) is 0 Å². The lowest BCUT2D eigenvalue weighted by atomic mass is 10.2. The highest BCUT2D eigenvalue weighted by atomic mass is 16.4. The number of aryl methyl sites for hydroxylation is 1. The summed E-state index contributed by atoms with van der Waals surface area (Å²) in [5, 5.41) is 23.9. The lowest BCUT2D eigenvalue weighted by molar-refractivity contribution is -0.139. The van der Waals surface area contributed by atoms with E-state index in [-0.39, 0.29) is 6.42 Å². The summed E-state index contributed by atoms with van der Waals surface area (Å²) in [6.07, 6.45) is -1.34. The predicted octanol–water partition coefficient (Wildman–Crippen LogP) is 0.226. The first-order valence-corrected chi connectivity index (χ1v) is 3.51. The van der Waals surface area contributed by atoms with Crippen molar-refractivity contribution < 1.29 is 15.0 Å². The van der Waals surface area contributed by atoms with Crippen molar-refractivity contribution in [2.45, 2.75) is 19.4 Å². The van der Waals surface area contributed by atoms with Gasteiger partial charge in [-0.3, -0.25) is 9.89 Å². The van der Waals surface area contributed by atoms with Crippen LogP contribution in [-0.2, 0) is 4.79 Å². The van der Waals surface area contributed by atoms with Crippen LogP contribution in [0.15, 0.2) is 6.07 Å². The van der Waals surface area contributed by atoms with E-state index in [4.69, 9.17) is 5.11 Å². The molecule has 0 saturated heterocycles. The molecule has 3 N–H and O–H groups in total. The van der Waals surface area contributed by atoms with E-state index in [9.17, 15) is 9.90 Å². The maximum atomic E-state index is 10.2. The van der Waals surface area contributed by atoms with Gasteiger partial charge in [0.25, 0.3) is 0 Å². The Kier molecular flexibility index (Phi) is 2.44. The molecule has 0 bridgehead atoms. The van der Waals surface area contributed by atoms with Gasteiger partial charge in [0, 0.05) is 5.69 Å². The van der Waals surface area contributed by atoms with Crippen LogP contribution < -0.4 is 0 Å². The second kappa shape index (κ2) is 3.36. The van der Waals surface area contributed by atoms with Crippen LogP contribution in [0, 0.1) is 6.92 Å². The Labute approximate surface area is 69.0 Å². The SMILES string of the molecule is Cc1cc([C@@H](O)CC(=O)O)n[nH]1. The van der Waals surface area contributed by atoms with Crippen molar-refractivity contribution in [2.75, 3.05) is 0 Å².